The Morgan fingerprint density at radius 2 is 2.19 bits per heavy atom. The maximum Gasteiger partial charge on any atom is 0.191 e. The summed E-state index contributed by atoms with van der Waals surface area (Å²) in [7, 11) is -2.91. The summed E-state index contributed by atoms with van der Waals surface area (Å²) in [6, 6.07) is 8.23. The summed E-state index contributed by atoms with van der Waals surface area (Å²) < 4.78 is 25.3. The lowest BCUT2D eigenvalue weighted by Crippen LogP contribution is -2.44. The predicted octanol–water partition coefficient (Wildman–Crippen LogP) is 1.79. The van der Waals surface area contributed by atoms with Crippen molar-refractivity contribution in [3.8, 4) is 0 Å². The Morgan fingerprint density at radius 1 is 1.37 bits per heavy atom. The summed E-state index contributed by atoms with van der Waals surface area (Å²) in [6.45, 7) is 4.03. The molecule has 0 saturated carbocycles. The maximum atomic E-state index is 11.6. The second-order valence-corrected chi connectivity index (χ2v) is 8.72. The summed E-state index contributed by atoms with van der Waals surface area (Å²) in [4.78, 5) is 8.68. The van der Waals surface area contributed by atoms with Gasteiger partial charge in [0.2, 0.25) is 0 Å². The van der Waals surface area contributed by atoms with Crippen molar-refractivity contribution < 1.29 is 8.42 Å². The van der Waals surface area contributed by atoms with Gasteiger partial charge in [-0.05, 0) is 24.5 Å². The first kappa shape index (κ1) is 21.7. The fraction of sp³-hybridized carbons (Fsp3) is 0.444. The van der Waals surface area contributed by atoms with Crippen LogP contribution in [-0.2, 0) is 22.9 Å². The first-order valence-electron chi connectivity index (χ1n) is 8.83. The van der Waals surface area contributed by atoms with Crippen LogP contribution >= 0.6 is 24.0 Å². The van der Waals surface area contributed by atoms with E-state index in [-0.39, 0.29) is 41.5 Å². The zero-order valence-electron chi connectivity index (χ0n) is 15.3. The predicted molar refractivity (Wildman–Crippen MR) is 118 cm³/mol. The number of nitrogens with zero attached hydrogens (tertiary/aromatic N) is 3. The third-order valence-electron chi connectivity index (χ3n) is 4.25. The fourth-order valence-corrected chi connectivity index (χ4v) is 4.68. The van der Waals surface area contributed by atoms with E-state index in [9.17, 15) is 8.42 Å². The molecule has 0 radical (unpaired) electrons. The van der Waals surface area contributed by atoms with Gasteiger partial charge >= 0.3 is 0 Å². The Labute approximate surface area is 177 Å². The smallest absolute Gasteiger partial charge is 0.191 e. The number of hydrogen-bond acceptors (Lipinski definition) is 4. The molecule has 0 spiro atoms. The van der Waals surface area contributed by atoms with Crippen LogP contribution in [0.2, 0.25) is 0 Å². The minimum Gasteiger partial charge on any atom is -0.357 e. The first-order chi connectivity index (χ1) is 12.5. The van der Waals surface area contributed by atoms with Gasteiger partial charge in [-0.25, -0.2) is 18.4 Å². The van der Waals surface area contributed by atoms with Crippen molar-refractivity contribution in [2.24, 2.45) is 4.99 Å². The van der Waals surface area contributed by atoms with Crippen molar-refractivity contribution in [2.45, 2.75) is 32.5 Å². The maximum absolute atomic E-state index is 11.6. The average molecular weight is 503 g/mol. The molecule has 1 aliphatic heterocycles. The van der Waals surface area contributed by atoms with Crippen molar-refractivity contribution in [1.82, 2.24) is 20.2 Å². The van der Waals surface area contributed by atoms with Crippen LogP contribution in [0.15, 0.2) is 48.0 Å². The Morgan fingerprint density at radius 3 is 2.85 bits per heavy atom. The molecule has 7 nitrogen and oxygen atoms in total. The highest BCUT2D eigenvalue weighted by atomic mass is 127. The van der Waals surface area contributed by atoms with Gasteiger partial charge in [0.15, 0.2) is 15.8 Å². The van der Waals surface area contributed by atoms with Crippen molar-refractivity contribution >= 4 is 39.8 Å². The van der Waals surface area contributed by atoms with Crippen LogP contribution in [0.1, 0.15) is 24.5 Å². The molecule has 0 aliphatic carbocycles. The van der Waals surface area contributed by atoms with E-state index in [4.69, 9.17) is 0 Å². The summed E-state index contributed by atoms with van der Waals surface area (Å²) in [5.41, 5.74) is 2.30. The van der Waals surface area contributed by atoms with E-state index in [1.807, 2.05) is 29.8 Å². The number of rotatable bonds is 6. The summed E-state index contributed by atoms with van der Waals surface area (Å²) >= 11 is 0. The summed E-state index contributed by atoms with van der Waals surface area (Å²) in [5.74, 6) is 1.09. The highest BCUT2D eigenvalue weighted by Gasteiger charge is 2.28. The van der Waals surface area contributed by atoms with Crippen LogP contribution in [0.5, 0.6) is 0 Å². The third kappa shape index (κ3) is 6.80. The van der Waals surface area contributed by atoms with E-state index in [0.717, 1.165) is 18.7 Å². The molecule has 1 unspecified atom stereocenters. The van der Waals surface area contributed by atoms with Gasteiger partial charge < -0.3 is 15.2 Å². The van der Waals surface area contributed by atoms with E-state index in [0.29, 0.717) is 18.9 Å². The Bertz CT molecular complexity index is 852. The van der Waals surface area contributed by atoms with E-state index in [2.05, 4.69) is 32.7 Å². The van der Waals surface area contributed by atoms with Crippen molar-refractivity contribution in [3.63, 3.8) is 0 Å². The largest absolute Gasteiger partial charge is 0.357 e. The van der Waals surface area contributed by atoms with Crippen molar-refractivity contribution in [2.75, 3.05) is 18.1 Å². The Balaban J connectivity index is 0.00000261. The lowest BCUT2D eigenvalue weighted by atomic mass is 10.1. The van der Waals surface area contributed by atoms with Crippen molar-refractivity contribution in [3.05, 3.63) is 54.1 Å². The molecule has 1 aliphatic rings. The topological polar surface area (TPSA) is 88.4 Å². The molecule has 3 rings (SSSR count). The quantitative estimate of drug-likeness (QED) is 0.357. The van der Waals surface area contributed by atoms with Crippen LogP contribution in [0, 0.1) is 0 Å². The number of aromatic nitrogens is 2. The third-order valence-corrected chi connectivity index (χ3v) is 6.02. The molecule has 148 valence electrons. The van der Waals surface area contributed by atoms with Crippen LogP contribution in [0.4, 0.5) is 0 Å². The van der Waals surface area contributed by atoms with Crippen LogP contribution in [0.3, 0.4) is 0 Å². The van der Waals surface area contributed by atoms with Gasteiger partial charge in [0.05, 0.1) is 24.4 Å². The number of guanidine groups is 1. The Hall–Kier alpha value is -1.62. The van der Waals surface area contributed by atoms with Gasteiger partial charge in [-0.15, -0.1) is 24.0 Å². The minimum absolute atomic E-state index is 0. The van der Waals surface area contributed by atoms with Crippen LogP contribution < -0.4 is 10.6 Å². The molecule has 0 amide bonds. The number of imidazole rings is 1. The fourth-order valence-electron chi connectivity index (χ4n) is 3.01. The zero-order chi connectivity index (χ0) is 18.4. The highest BCUT2D eigenvalue weighted by Crippen LogP contribution is 2.12. The molecule has 1 saturated heterocycles. The molecule has 1 aromatic carbocycles. The molecule has 27 heavy (non-hydrogen) atoms. The number of sulfone groups is 1. The summed E-state index contributed by atoms with van der Waals surface area (Å²) in [6.07, 6.45) is 6.14. The van der Waals surface area contributed by atoms with Gasteiger partial charge in [0, 0.05) is 31.5 Å². The molecule has 9 heteroatoms. The number of benzene rings is 1. The van der Waals surface area contributed by atoms with E-state index in [1.54, 1.807) is 12.5 Å². The van der Waals surface area contributed by atoms with Crippen LogP contribution in [0.25, 0.3) is 0 Å². The van der Waals surface area contributed by atoms with Crippen molar-refractivity contribution in [1.29, 1.82) is 0 Å². The SMILES string of the molecule is CCNC(=NCc1cccc(Cn2ccnc2)c1)NC1CCS(=O)(=O)C1.I. The molecule has 2 aromatic rings. The second-order valence-electron chi connectivity index (χ2n) is 6.49. The van der Waals surface area contributed by atoms with Gasteiger partial charge in [-0.1, -0.05) is 24.3 Å². The standard InChI is InChI=1S/C18H25N5O2S.HI/c1-2-20-18(22-17-6-9-26(24,25)13-17)21-11-15-4-3-5-16(10-15)12-23-8-7-19-14-23;/h3-5,7-8,10,14,17H,2,6,9,11-13H2,1H3,(H2,20,21,22);1H. The summed E-state index contributed by atoms with van der Waals surface area (Å²) in [5, 5.41) is 6.43. The van der Waals surface area contributed by atoms with Gasteiger partial charge in [-0.2, -0.15) is 0 Å². The monoisotopic (exact) mass is 503 g/mol. The number of nitrogens with one attached hydrogen (secondary N) is 2. The Kier molecular flexibility index (Phi) is 8.08. The first-order valence-corrected chi connectivity index (χ1v) is 10.6. The molecular formula is C18H26IN5O2S. The van der Waals surface area contributed by atoms with Gasteiger partial charge in [0.1, 0.15) is 0 Å². The average Bonchev–Trinajstić information content (AvgIpc) is 3.22. The number of aliphatic imine (C=N–C) groups is 1. The molecule has 2 N–H and O–H groups in total. The molecule has 1 fully saturated rings. The molecule has 0 bridgehead atoms. The zero-order valence-corrected chi connectivity index (χ0v) is 18.5. The van der Waals surface area contributed by atoms with Gasteiger partial charge in [0.25, 0.3) is 0 Å². The van der Waals surface area contributed by atoms with E-state index < -0.39 is 9.84 Å². The minimum atomic E-state index is -2.91. The van der Waals surface area contributed by atoms with Gasteiger partial charge in [-0.3, -0.25) is 0 Å². The molecule has 1 atom stereocenters. The highest BCUT2D eigenvalue weighted by molar-refractivity contribution is 14.0. The van der Waals surface area contributed by atoms with Crippen LogP contribution in [-0.4, -0.2) is 48.0 Å². The van der Waals surface area contributed by atoms with E-state index in [1.165, 1.54) is 5.56 Å². The number of halogens is 1. The molecular weight excluding hydrogens is 477 g/mol. The lowest BCUT2D eigenvalue weighted by Gasteiger charge is -2.16. The second kappa shape index (κ2) is 10.1. The normalized spacial score (nSPS) is 18.7. The molecule has 1 aromatic heterocycles. The van der Waals surface area contributed by atoms with E-state index >= 15 is 0 Å². The molecule has 2 heterocycles. The lowest BCUT2D eigenvalue weighted by molar-refractivity contribution is 0.599. The number of hydrogen-bond donors (Lipinski definition) is 2.